The number of aliphatic hydroxyl groups excluding tert-OH is 1. The molecule has 1 atom stereocenters. The molecule has 1 aromatic carbocycles. The van der Waals surface area contributed by atoms with Crippen molar-refractivity contribution in [1.82, 2.24) is 10.6 Å². The standard InChI is InChI=1S/C18H31N3O/c1-4-8-16(11-12-22)13-20-18(19-5-2)21-14-17-10-7-6-9-15(17)3/h6-7,9-10,16,22H,4-5,8,11-14H2,1-3H3,(H2,19,20,21). The van der Waals surface area contributed by atoms with Crippen molar-refractivity contribution in [3.63, 3.8) is 0 Å². The van der Waals surface area contributed by atoms with Crippen molar-refractivity contribution in [1.29, 1.82) is 0 Å². The van der Waals surface area contributed by atoms with Crippen LogP contribution in [0.2, 0.25) is 0 Å². The molecule has 0 aliphatic carbocycles. The maximum atomic E-state index is 9.14. The molecular weight excluding hydrogens is 274 g/mol. The lowest BCUT2D eigenvalue weighted by Crippen LogP contribution is -2.40. The summed E-state index contributed by atoms with van der Waals surface area (Å²) < 4.78 is 0. The Morgan fingerprint density at radius 2 is 1.95 bits per heavy atom. The van der Waals surface area contributed by atoms with E-state index >= 15 is 0 Å². The highest BCUT2D eigenvalue weighted by Gasteiger charge is 2.08. The number of hydrogen-bond donors (Lipinski definition) is 3. The molecule has 0 aliphatic rings. The predicted octanol–water partition coefficient (Wildman–Crippen LogP) is 2.85. The third kappa shape index (κ3) is 6.94. The SMILES string of the molecule is CCCC(CCO)CNC(=NCc1ccccc1C)NCC. The first-order valence-electron chi connectivity index (χ1n) is 8.38. The summed E-state index contributed by atoms with van der Waals surface area (Å²) in [5.74, 6) is 1.35. The quantitative estimate of drug-likeness (QED) is 0.486. The van der Waals surface area contributed by atoms with Crippen LogP contribution in [0.1, 0.15) is 44.2 Å². The lowest BCUT2D eigenvalue weighted by atomic mass is 10.0. The molecule has 0 aliphatic heterocycles. The normalized spacial score (nSPS) is 13.0. The van der Waals surface area contributed by atoms with Gasteiger partial charge in [0.2, 0.25) is 0 Å². The number of aliphatic hydroxyl groups is 1. The van der Waals surface area contributed by atoms with Gasteiger partial charge < -0.3 is 15.7 Å². The first-order valence-corrected chi connectivity index (χ1v) is 8.38. The lowest BCUT2D eigenvalue weighted by molar-refractivity contribution is 0.251. The first-order chi connectivity index (χ1) is 10.7. The van der Waals surface area contributed by atoms with Gasteiger partial charge in [0.25, 0.3) is 0 Å². The molecule has 22 heavy (non-hydrogen) atoms. The van der Waals surface area contributed by atoms with Crippen LogP contribution in [0.25, 0.3) is 0 Å². The van der Waals surface area contributed by atoms with Crippen LogP contribution in [0.4, 0.5) is 0 Å². The lowest BCUT2D eigenvalue weighted by Gasteiger charge is -2.18. The van der Waals surface area contributed by atoms with Crippen LogP contribution in [0.5, 0.6) is 0 Å². The Kier molecular flexibility index (Phi) is 9.31. The molecule has 0 saturated carbocycles. The number of hydrogen-bond acceptors (Lipinski definition) is 2. The van der Waals surface area contributed by atoms with Gasteiger partial charge in [0.1, 0.15) is 0 Å². The predicted molar refractivity (Wildman–Crippen MR) is 94.1 cm³/mol. The average Bonchev–Trinajstić information content (AvgIpc) is 2.51. The summed E-state index contributed by atoms with van der Waals surface area (Å²) in [7, 11) is 0. The number of aliphatic imine (C=N–C) groups is 1. The molecular formula is C18H31N3O. The highest BCUT2D eigenvalue weighted by atomic mass is 16.3. The molecule has 1 rings (SSSR count). The van der Waals surface area contributed by atoms with E-state index in [1.165, 1.54) is 11.1 Å². The van der Waals surface area contributed by atoms with Crippen molar-refractivity contribution >= 4 is 5.96 Å². The van der Waals surface area contributed by atoms with Gasteiger partial charge in [-0.05, 0) is 43.7 Å². The van der Waals surface area contributed by atoms with E-state index in [0.717, 1.165) is 38.3 Å². The first kappa shape index (κ1) is 18.5. The van der Waals surface area contributed by atoms with Crippen molar-refractivity contribution in [2.75, 3.05) is 19.7 Å². The smallest absolute Gasteiger partial charge is 0.191 e. The highest BCUT2D eigenvalue weighted by molar-refractivity contribution is 5.79. The second-order valence-electron chi connectivity index (χ2n) is 5.67. The topological polar surface area (TPSA) is 56.6 Å². The van der Waals surface area contributed by atoms with E-state index in [4.69, 9.17) is 5.11 Å². The molecule has 3 N–H and O–H groups in total. The molecule has 0 amide bonds. The molecule has 4 nitrogen and oxygen atoms in total. The number of guanidine groups is 1. The summed E-state index contributed by atoms with van der Waals surface area (Å²) in [5.41, 5.74) is 2.52. The number of nitrogens with one attached hydrogen (secondary N) is 2. The molecule has 0 fully saturated rings. The van der Waals surface area contributed by atoms with Gasteiger partial charge in [0.05, 0.1) is 6.54 Å². The zero-order valence-electron chi connectivity index (χ0n) is 14.2. The number of nitrogens with zero attached hydrogens (tertiary/aromatic N) is 1. The minimum absolute atomic E-state index is 0.253. The molecule has 1 unspecified atom stereocenters. The maximum Gasteiger partial charge on any atom is 0.191 e. The molecule has 0 heterocycles. The summed E-state index contributed by atoms with van der Waals surface area (Å²) in [6, 6.07) is 8.34. The van der Waals surface area contributed by atoms with E-state index in [2.05, 4.69) is 60.7 Å². The summed E-state index contributed by atoms with van der Waals surface area (Å²) in [4.78, 5) is 4.67. The van der Waals surface area contributed by atoms with Crippen LogP contribution in [0.15, 0.2) is 29.3 Å². The Balaban J connectivity index is 2.60. The largest absolute Gasteiger partial charge is 0.396 e. The van der Waals surface area contributed by atoms with Gasteiger partial charge in [-0.25, -0.2) is 4.99 Å². The van der Waals surface area contributed by atoms with E-state index in [9.17, 15) is 0 Å². The van der Waals surface area contributed by atoms with Gasteiger partial charge in [0.15, 0.2) is 5.96 Å². The molecule has 0 spiro atoms. The van der Waals surface area contributed by atoms with Gasteiger partial charge in [-0.2, -0.15) is 0 Å². The Morgan fingerprint density at radius 3 is 2.59 bits per heavy atom. The van der Waals surface area contributed by atoms with Gasteiger partial charge in [-0.15, -0.1) is 0 Å². The third-order valence-corrected chi connectivity index (χ3v) is 3.81. The van der Waals surface area contributed by atoms with E-state index in [-0.39, 0.29) is 6.61 Å². The molecule has 0 bridgehead atoms. The van der Waals surface area contributed by atoms with Crippen LogP contribution in [-0.2, 0) is 6.54 Å². The maximum absolute atomic E-state index is 9.14. The van der Waals surface area contributed by atoms with Crippen LogP contribution >= 0.6 is 0 Å². The molecule has 0 aromatic heterocycles. The zero-order chi connectivity index (χ0) is 16.2. The van der Waals surface area contributed by atoms with E-state index in [1.807, 2.05) is 0 Å². The average molecular weight is 305 g/mol. The summed E-state index contributed by atoms with van der Waals surface area (Å²) in [6.07, 6.45) is 3.12. The third-order valence-electron chi connectivity index (χ3n) is 3.81. The second kappa shape index (κ2) is 11.1. The van der Waals surface area contributed by atoms with Crippen molar-refractivity contribution in [2.24, 2.45) is 10.9 Å². The zero-order valence-corrected chi connectivity index (χ0v) is 14.2. The fourth-order valence-electron chi connectivity index (χ4n) is 2.47. The van der Waals surface area contributed by atoms with Gasteiger partial charge in [-0.3, -0.25) is 0 Å². The molecule has 1 aromatic rings. The van der Waals surface area contributed by atoms with Crippen LogP contribution < -0.4 is 10.6 Å². The van der Waals surface area contributed by atoms with Crippen LogP contribution in [0, 0.1) is 12.8 Å². The number of aryl methyl sites for hydroxylation is 1. The van der Waals surface area contributed by atoms with Crippen molar-refractivity contribution < 1.29 is 5.11 Å². The highest BCUT2D eigenvalue weighted by Crippen LogP contribution is 2.10. The fourth-order valence-corrected chi connectivity index (χ4v) is 2.47. The minimum atomic E-state index is 0.253. The monoisotopic (exact) mass is 305 g/mol. The molecule has 0 radical (unpaired) electrons. The van der Waals surface area contributed by atoms with Crippen molar-refractivity contribution in [2.45, 2.75) is 46.6 Å². The van der Waals surface area contributed by atoms with Gasteiger partial charge >= 0.3 is 0 Å². The Bertz CT molecular complexity index is 440. The summed E-state index contributed by atoms with van der Waals surface area (Å²) in [5, 5.41) is 15.8. The van der Waals surface area contributed by atoms with Crippen molar-refractivity contribution in [3.05, 3.63) is 35.4 Å². The minimum Gasteiger partial charge on any atom is -0.396 e. The number of rotatable bonds is 9. The van der Waals surface area contributed by atoms with Crippen molar-refractivity contribution in [3.8, 4) is 0 Å². The van der Waals surface area contributed by atoms with E-state index in [0.29, 0.717) is 12.5 Å². The van der Waals surface area contributed by atoms with Crippen LogP contribution in [0.3, 0.4) is 0 Å². The Hall–Kier alpha value is -1.55. The Labute approximate surface area is 135 Å². The Morgan fingerprint density at radius 1 is 1.18 bits per heavy atom. The molecule has 124 valence electrons. The summed E-state index contributed by atoms with van der Waals surface area (Å²) in [6.45, 7) is 9.00. The van der Waals surface area contributed by atoms with Gasteiger partial charge in [-0.1, -0.05) is 37.6 Å². The van der Waals surface area contributed by atoms with E-state index < -0.39 is 0 Å². The van der Waals surface area contributed by atoms with Gasteiger partial charge in [0, 0.05) is 19.7 Å². The van der Waals surface area contributed by atoms with E-state index in [1.54, 1.807) is 0 Å². The number of benzene rings is 1. The second-order valence-corrected chi connectivity index (χ2v) is 5.67. The van der Waals surface area contributed by atoms with Crippen LogP contribution in [-0.4, -0.2) is 30.8 Å². The fraction of sp³-hybridized carbons (Fsp3) is 0.611. The summed E-state index contributed by atoms with van der Waals surface area (Å²) >= 11 is 0. The molecule has 4 heteroatoms. The molecule has 0 saturated heterocycles.